The van der Waals surface area contributed by atoms with Gasteiger partial charge in [-0.05, 0) is 29.3 Å². The van der Waals surface area contributed by atoms with Crippen LogP contribution in [0.4, 0.5) is 4.79 Å². The van der Waals surface area contributed by atoms with Gasteiger partial charge in [-0.25, -0.2) is 4.79 Å². The van der Waals surface area contributed by atoms with Crippen molar-refractivity contribution in [2.75, 3.05) is 32.7 Å². The number of benzene rings is 2. The summed E-state index contributed by atoms with van der Waals surface area (Å²) in [5.74, 6) is -0.773. The van der Waals surface area contributed by atoms with Gasteiger partial charge in [-0.2, -0.15) is 0 Å². The fraction of sp³-hybridized carbons (Fsp3) is 0.364. The molecule has 0 aliphatic carbocycles. The molecular weight excluding hydrogens is 384 g/mol. The Balaban J connectivity index is 1.49. The highest BCUT2D eigenvalue weighted by Gasteiger charge is 2.49. The van der Waals surface area contributed by atoms with Crippen LogP contribution in [0.15, 0.2) is 42.5 Å². The molecule has 156 valence electrons. The van der Waals surface area contributed by atoms with Gasteiger partial charge in [0, 0.05) is 33.1 Å². The minimum Gasteiger partial charge on any atom is -0.339 e. The summed E-state index contributed by atoms with van der Waals surface area (Å²) in [6.07, 6.45) is 0. The third-order valence-corrected chi connectivity index (χ3v) is 5.97. The van der Waals surface area contributed by atoms with Gasteiger partial charge < -0.3 is 15.1 Å². The maximum absolute atomic E-state index is 13.2. The molecule has 2 aliphatic heterocycles. The number of hydrogen-bond acceptors (Lipinski definition) is 4. The Labute approximate surface area is 174 Å². The molecule has 5 amide bonds. The normalized spacial score (nSPS) is 21.9. The smallest absolute Gasteiger partial charge is 0.325 e. The van der Waals surface area contributed by atoms with Gasteiger partial charge in [-0.15, -0.1) is 0 Å². The summed E-state index contributed by atoms with van der Waals surface area (Å²) in [6.45, 7) is 4.54. The predicted octanol–water partition coefficient (Wildman–Crippen LogP) is 1.30. The quantitative estimate of drug-likeness (QED) is 0.775. The van der Waals surface area contributed by atoms with E-state index >= 15 is 0 Å². The van der Waals surface area contributed by atoms with Crippen LogP contribution in [0, 0.1) is 0 Å². The zero-order valence-corrected chi connectivity index (χ0v) is 17.1. The first kappa shape index (κ1) is 19.9. The topological polar surface area (TPSA) is 90.0 Å². The van der Waals surface area contributed by atoms with Crippen LogP contribution in [0.5, 0.6) is 0 Å². The molecule has 0 aromatic heterocycles. The largest absolute Gasteiger partial charge is 0.339 e. The van der Waals surface area contributed by atoms with Gasteiger partial charge in [0.2, 0.25) is 11.8 Å². The molecular formula is C22H24N4O4. The lowest BCUT2D eigenvalue weighted by Crippen LogP contribution is -2.53. The van der Waals surface area contributed by atoms with Gasteiger partial charge in [0.25, 0.3) is 5.91 Å². The van der Waals surface area contributed by atoms with Crippen LogP contribution in [0.25, 0.3) is 10.8 Å². The number of fused-ring (bicyclic) bond motifs is 1. The zero-order chi connectivity index (χ0) is 21.5. The van der Waals surface area contributed by atoms with E-state index in [4.69, 9.17) is 0 Å². The molecule has 0 bridgehead atoms. The average molecular weight is 408 g/mol. The number of nitrogens with one attached hydrogen (secondary N) is 1. The molecule has 2 aliphatic rings. The van der Waals surface area contributed by atoms with E-state index in [0.29, 0.717) is 31.7 Å². The molecule has 0 unspecified atom stereocenters. The van der Waals surface area contributed by atoms with Gasteiger partial charge in [-0.3, -0.25) is 19.3 Å². The fourth-order valence-corrected chi connectivity index (χ4v) is 4.04. The lowest BCUT2D eigenvalue weighted by atomic mass is 9.90. The van der Waals surface area contributed by atoms with E-state index < -0.39 is 17.5 Å². The Morgan fingerprint density at radius 1 is 0.967 bits per heavy atom. The molecule has 1 atom stereocenters. The summed E-state index contributed by atoms with van der Waals surface area (Å²) < 4.78 is 0. The first-order chi connectivity index (χ1) is 14.3. The third kappa shape index (κ3) is 3.38. The van der Waals surface area contributed by atoms with Crippen molar-refractivity contribution in [3.8, 4) is 0 Å². The summed E-state index contributed by atoms with van der Waals surface area (Å²) >= 11 is 0. The van der Waals surface area contributed by atoms with Crippen LogP contribution in [-0.4, -0.2) is 71.2 Å². The molecule has 2 heterocycles. The lowest BCUT2D eigenvalue weighted by Gasteiger charge is -2.34. The van der Waals surface area contributed by atoms with E-state index in [1.807, 2.05) is 42.5 Å². The predicted molar refractivity (Wildman–Crippen MR) is 110 cm³/mol. The molecule has 2 saturated heterocycles. The maximum atomic E-state index is 13.2. The van der Waals surface area contributed by atoms with Crippen molar-refractivity contribution in [2.24, 2.45) is 0 Å². The highest BCUT2D eigenvalue weighted by molar-refractivity contribution is 6.09. The number of carbonyl (C=O) groups is 4. The second-order valence-electron chi connectivity index (χ2n) is 7.90. The van der Waals surface area contributed by atoms with Gasteiger partial charge >= 0.3 is 6.03 Å². The minimum absolute atomic E-state index is 0.0256. The van der Waals surface area contributed by atoms with E-state index in [-0.39, 0.29) is 18.4 Å². The van der Waals surface area contributed by atoms with Crippen molar-refractivity contribution in [3.05, 3.63) is 48.0 Å². The summed E-state index contributed by atoms with van der Waals surface area (Å²) in [5, 5.41) is 4.76. The zero-order valence-electron chi connectivity index (χ0n) is 17.1. The van der Waals surface area contributed by atoms with Gasteiger partial charge in [0.15, 0.2) is 0 Å². The van der Waals surface area contributed by atoms with Crippen molar-refractivity contribution in [3.63, 3.8) is 0 Å². The number of rotatable bonds is 3. The lowest BCUT2D eigenvalue weighted by molar-refractivity contribution is -0.141. The van der Waals surface area contributed by atoms with Gasteiger partial charge in [0.05, 0.1) is 0 Å². The first-order valence-electron chi connectivity index (χ1n) is 9.96. The first-order valence-corrected chi connectivity index (χ1v) is 9.96. The van der Waals surface area contributed by atoms with E-state index in [2.05, 4.69) is 5.32 Å². The summed E-state index contributed by atoms with van der Waals surface area (Å²) in [4.78, 5) is 54.1. The molecule has 2 aromatic rings. The van der Waals surface area contributed by atoms with Crippen molar-refractivity contribution < 1.29 is 19.2 Å². The number of hydrogen-bond donors (Lipinski definition) is 1. The average Bonchev–Trinajstić information content (AvgIpc) is 2.97. The molecule has 0 radical (unpaired) electrons. The molecule has 8 heteroatoms. The molecule has 2 fully saturated rings. The number of piperazine rings is 1. The van der Waals surface area contributed by atoms with E-state index in [9.17, 15) is 19.2 Å². The molecule has 30 heavy (non-hydrogen) atoms. The number of imide groups is 1. The van der Waals surface area contributed by atoms with Crippen molar-refractivity contribution in [1.82, 2.24) is 20.0 Å². The standard InChI is InChI=1S/C22H24N4O4/c1-15(27)24-9-11-25(12-10-24)19(28)14-26-20(29)22(2,23-21(26)30)18-8-7-16-5-3-4-6-17(16)13-18/h3-8,13H,9-12,14H2,1-2H3,(H,23,30)/t22-/m1/s1. The van der Waals surface area contributed by atoms with Crippen LogP contribution in [0.3, 0.4) is 0 Å². The Bertz CT molecular complexity index is 1040. The van der Waals surface area contributed by atoms with Crippen LogP contribution in [0.1, 0.15) is 19.4 Å². The van der Waals surface area contributed by atoms with Gasteiger partial charge in [-0.1, -0.05) is 36.4 Å². The van der Waals surface area contributed by atoms with Crippen molar-refractivity contribution in [1.29, 1.82) is 0 Å². The van der Waals surface area contributed by atoms with Crippen molar-refractivity contribution in [2.45, 2.75) is 19.4 Å². The summed E-state index contributed by atoms with van der Waals surface area (Å²) in [6, 6.07) is 12.8. The highest BCUT2D eigenvalue weighted by atomic mass is 16.2. The SMILES string of the molecule is CC(=O)N1CCN(C(=O)CN2C(=O)N[C@](C)(c3ccc4ccccc4c3)C2=O)CC1. The number of amides is 5. The molecule has 0 spiro atoms. The summed E-state index contributed by atoms with van der Waals surface area (Å²) in [7, 11) is 0. The highest BCUT2D eigenvalue weighted by Crippen LogP contribution is 2.31. The number of urea groups is 1. The molecule has 4 rings (SSSR count). The van der Waals surface area contributed by atoms with Crippen LogP contribution in [0.2, 0.25) is 0 Å². The molecule has 0 saturated carbocycles. The Hall–Kier alpha value is -3.42. The molecule has 2 aromatic carbocycles. The van der Waals surface area contributed by atoms with Crippen molar-refractivity contribution >= 4 is 34.5 Å². The third-order valence-electron chi connectivity index (χ3n) is 5.97. The second kappa shape index (κ2) is 7.44. The Morgan fingerprint density at radius 3 is 2.27 bits per heavy atom. The van der Waals surface area contributed by atoms with Crippen LogP contribution in [-0.2, 0) is 19.9 Å². The van der Waals surface area contributed by atoms with E-state index in [1.165, 1.54) is 6.92 Å². The monoisotopic (exact) mass is 408 g/mol. The number of nitrogens with zero attached hydrogens (tertiary/aromatic N) is 3. The fourth-order valence-electron chi connectivity index (χ4n) is 4.04. The summed E-state index contributed by atoms with van der Waals surface area (Å²) in [5.41, 5.74) is -0.557. The Kier molecular flexibility index (Phi) is 4.93. The number of carbonyl (C=O) groups excluding carboxylic acids is 4. The Morgan fingerprint density at radius 2 is 1.60 bits per heavy atom. The van der Waals surface area contributed by atoms with E-state index in [1.54, 1.807) is 16.7 Å². The maximum Gasteiger partial charge on any atom is 0.325 e. The molecule has 8 nitrogen and oxygen atoms in total. The minimum atomic E-state index is -1.23. The van der Waals surface area contributed by atoms with Crippen LogP contribution < -0.4 is 5.32 Å². The second-order valence-corrected chi connectivity index (χ2v) is 7.90. The van der Waals surface area contributed by atoms with Crippen LogP contribution >= 0.6 is 0 Å². The van der Waals surface area contributed by atoms with Gasteiger partial charge in [0.1, 0.15) is 12.1 Å². The molecule has 1 N–H and O–H groups in total. The van der Waals surface area contributed by atoms with E-state index in [0.717, 1.165) is 15.7 Å².